The molecule has 2 nitrogen and oxygen atoms in total. The Kier molecular flexibility index (Phi) is 4.99. The molecule has 2 rings (SSSR count). The molecule has 0 aromatic heterocycles. The van der Waals surface area contributed by atoms with Crippen molar-refractivity contribution in [3.05, 3.63) is 35.4 Å². The summed E-state index contributed by atoms with van der Waals surface area (Å²) in [5.74, 6) is -1.08. The molecule has 1 aromatic carbocycles. The average Bonchev–Trinajstić information content (AvgIpc) is 2.38. The predicted octanol–water partition coefficient (Wildman–Crippen LogP) is 3.87. The van der Waals surface area contributed by atoms with Crippen LogP contribution in [0, 0.1) is 17.0 Å². The lowest BCUT2D eigenvalue weighted by atomic mass is 9.75. The minimum absolute atomic E-state index is 0.138. The lowest BCUT2D eigenvalue weighted by Gasteiger charge is -2.41. The molecule has 1 saturated carbocycles. The van der Waals surface area contributed by atoms with Gasteiger partial charge < -0.3 is 5.73 Å². The largest absolute Gasteiger partial charge is 0.329 e. The normalized spacial score (nSPS) is 20.7. The van der Waals surface area contributed by atoms with Gasteiger partial charge in [-0.1, -0.05) is 13.8 Å². The zero-order valence-corrected chi connectivity index (χ0v) is 13.2. The van der Waals surface area contributed by atoms with E-state index in [1.165, 1.54) is 25.0 Å². The second-order valence-electron chi connectivity index (χ2n) is 7.02. The minimum atomic E-state index is -0.540. The summed E-state index contributed by atoms with van der Waals surface area (Å²) in [6.45, 7) is 4.95. The van der Waals surface area contributed by atoms with Gasteiger partial charge in [0.15, 0.2) is 0 Å². The zero-order valence-electron chi connectivity index (χ0n) is 13.2. The highest BCUT2D eigenvalue weighted by Gasteiger charge is 2.31. The van der Waals surface area contributed by atoms with Crippen LogP contribution < -0.4 is 5.73 Å². The Morgan fingerprint density at radius 3 is 2.19 bits per heavy atom. The van der Waals surface area contributed by atoms with E-state index in [9.17, 15) is 8.78 Å². The van der Waals surface area contributed by atoms with E-state index >= 15 is 0 Å². The maximum Gasteiger partial charge on any atom is 0.126 e. The first-order valence-corrected chi connectivity index (χ1v) is 7.70. The Hall–Kier alpha value is -1.00. The molecule has 1 atom stereocenters. The standard InChI is InChI=1S/C17H26F2N2/c1-17(2)6-4-15(5-7-17)21(3)16(11-20)12-8-13(18)10-14(19)9-12/h8-10,15-16H,4-7,11,20H2,1-3H3. The fourth-order valence-electron chi connectivity index (χ4n) is 3.35. The number of nitrogens with two attached hydrogens (primary N) is 1. The molecular formula is C17H26F2N2. The molecule has 1 unspecified atom stereocenters. The van der Waals surface area contributed by atoms with Gasteiger partial charge in [-0.15, -0.1) is 0 Å². The third-order valence-electron chi connectivity index (χ3n) is 4.87. The summed E-state index contributed by atoms with van der Waals surface area (Å²) in [6.07, 6.45) is 4.57. The zero-order chi connectivity index (χ0) is 15.6. The molecule has 4 heteroatoms. The molecule has 21 heavy (non-hydrogen) atoms. The third kappa shape index (κ3) is 4.01. The number of hydrogen-bond acceptors (Lipinski definition) is 2. The molecule has 1 aromatic rings. The lowest BCUT2D eigenvalue weighted by molar-refractivity contribution is 0.0964. The van der Waals surface area contributed by atoms with Crippen molar-refractivity contribution in [3.8, 4) is 0 Å². The topological polar surface area (TPSA) is 29.3 Å². The van der Waals surface area contributed by atoms with Gasteiger partial charge in [0.05, 0.1) is 0 Å². The van der Waals surface area contributed by atoms with Crippen LogP contribution in [0.15, 0.2) is 18.2 Å². The lowest BCUT2D eigenvalue weighted by Crippen LogP contribution is -2.41. The van der Waals surface area contributed by atoms with Crippen LogP contribution in [-0.2, 0) is 0 Å². The van der Waals surface area contributed by atoms with E-state index in [0.29, 0.717) is 23.6 Å². The smallest absolute Gasteiger partial charge is 0.126 e. The number of hydrogen-bond donors (Lipinski definition) is 1. The summed E-state index contributed by atoms with van der Waals surface area (Å²) in [7, 11) is 2.02. The number of rotatable bonds is 4. The van der Waals surface area contributed by atoms with E-state index in [-0.39, 0.29) is 6.04 Å². The molecule has 1 aliphatic carbocycles. The van der Waals surface area contributed by atoms with Crippen molar-refractivity contribution in [2.75, 3.05) is 13.6 Å². The van der Waals surface area contributed by atoms with Gasteiger partial charge in [-0.2, -0.15) is 0 Å². The van der Waals surface area contributed by atoms with Gasteiger partial charge in [0, 0.05) is 24.7 Å². The summed E-state index contributed by atoms with van der Waals surface area (Å²) < 4.78 is 26.9. The van der Waals surface area contributed by atoms with Crippen molar-refractivity contribution in [3.63, 3.8) is 0 Å². The van der Waals surface area contributed by atoms with Gasteiger partial charge in [0.25, 0.3) is 0 Å². The van der Waals surface area contributed by atoms with E-state index in [2.05, 4.69) is 18.7 Å². The Labute approximate surface area is 126 Å². The first kappa shape index (κ1) is 16.4. The van der Waals surface area contributed by atoms with Crippen molar-refractivity contribution in [1.82, 2.24) is 4.90 Å². The highest BCUT2D eigenvalue weighted by Crippen LogP contribution is 2.38. The van der Waals surface area contributed by atoms with E-state index < -0.39 is 11.6 Å². The molecule has 0 amide bonds. The second kappa shape index (κ2) is 6.41. The van der Waals surface area contributed by atoms with Crippen LogP contribution in [-0.4, -0.2) is 24.5 Å². The van der Waals surface area contributed by atoms with E-state index in [0.717, 1.165) is 18.9 Å². The van der Waals surface area contributed by atoms with Crippen molar-refractivity contribution >= 4 is 0 Å². The molecule has 0 saturated heterocycles. The predicted molar refractivity (Wildman–Crippen MR) is 82.0 cm³/mol. The molecule has 0 bridgehead atoms. The van der Waals surface area contributed by atoms with E-state index in [1.54, 1.807) is 0 Å². The van der Waals surface area contributed by atoms with Crippen LogP contribution in [0.5, 0.6) is 0 Å². The monoisotopic (exact) mass is 296 g/mol. The molecule has 1 aliphatic rings. The SMILES string of the molecule is CN(C1CCC(C)(C)CC1)C(CN)c1cc(F)cc(F)c1. The first-order valence-electron chi connectivity index (χ1n) is 7.70. The Morgan fingerprint density at radius 2 is 1.71 bits per heavy atom. The van der Waals surface area contributed by atoms with Gasteiger partial charge in [-0.3, -0.25) is 4.90 Å². The van der Waals surface area contributed by atoms with Crippen LogP contribution in [0.2, 0.25) is 0 Å². The van der Waals surface area contributed by atoms with Gasteiger partial charge in [0.2, 0.25) is 0 Å². The van der Waals surface area contributed by atoms with Crippen LogP contribution in [0.1, 0.15) is 51.1 Å². The van der Waals surface area contributed by atoms with Crippen molar-refractivity contribution < 1.29 is 8.78 Å². The fourth-order valence-corrected chi connectivity index (χ4v) is 3.35. The fraction of sp³-hybridized carbons (Fsp3) is 0.647. The van der Waals surface area contributed by atoms with Crippen LogP contribution in [0.4, 0.5) is 8.78 Å². The quantitative estimate of drug-likeness (QED) is 0.914. The molecular weight excluding hydrogens is 270 g/mol. The summed E-state index contributed by atoms with van der Waals surface area (Å²) in [6, 6.07) is 3.98. The third-order valence-corrected chi connectivity index (χ3v) is 4.87. The van der Waals surface area contributed by atoms with E-state index in [4.69, 9.17) is 5.73 Å². The molecule has 0 radical (unpaired) electrons. The van der Waals surface area contributed by atoms with Crippen molar-refractivity contribution in [2.45, 2.75) is 51.6 Å². The van der Waals surface area contributed by atoms with Crippen molar-refractivity contribution in [1.29, 1.82) is 0 Å². The van der Waals surface area contributed by atoms with Gasteiger partial charge >= 0.3 is 0 Å². The number of nitrogens with zero attached hydrogens (tertiary/aromatic N) is 1. The maximum absolute atomic E-state index is 13.4. The van der Waals surface area contributed by atoms with E-state index in [1.807, 2.05) is 7.05 Å². The molecule has 0 spiro atoms. The molecule has 2 N–H and O–H groups in total. The summed E-state index contributed by atoms with van der Waals surface area (Å²) in [4.78, 5) is 2.20. The highest BCUT2D eigenvalue weighted by atomic mass is 19.1. The summed E-state index contributed by atoms with van der Waals surface area (Å²) in [5.41, 5.74) is 6.91. The number of benzene rings is 1. The van der Waals surface area contributed by atoms with Crippen LogP contribution in [0.25, 0.3) is 0 Å². The molecule has 0 aliphatic heterocycles. The van der Waals surface area contributed by atoms with Crippen molar-refractivity contribution in [2.24, 2.45) is 11.1 Å². The Bertz CT molecular complexity index is 457. The average molecular weight is 296 g/mol. The molecule has 1 fully saturated rings. The van der Waals surface area contributed by atoms with Crippen LogP contribution >= 0.6 is 0 Å². The summed E-state index contributed by atoms with van der Waals surface area (Å²) >= 11 is 0. The number of likely N-dealkylation sites (N-methyl/N-ethyl adjacent to an activating group) is 1. The summed E-state index contributed by atoms with van der Waals surface area (Å²) in [5, 5.41) is 0. The van der Waals surface area contributed by atoms with Gasteiger partial charge in [0.1, 0.15) is 11.6 Å². The van der Waals surface area contributed by atoms with Gasteiger partial charge in [-0.25, -0.2) is 8.78 Å². The minimum Gasteiger partial charge on any atom is -0.329 e. The first-order chi connectivity index (χ1) is 9.82. The molecule has 0 heterocycles. The van der Waals surface area contributed by atoms with Crippen LogP contribution in [0.3, 0.4) is 0 Å². The number of halogens is 2. The maximum atomic E-state index is 13.4. The van der Waals surface area contributed by atoms with Gasteiger partial charge in [-0.05, 0) is 55.8 Å². The second-order valence-corrected chi connectivity index (χ2v) is 7.02. The Balaban J connectivity index is 2.13. The Morgan fingerprint density at radius 1 is 1.19 bits per heavy atom. The highest BCUT2D eigenvalue weighted by molar-refractivity contribution is 5.22. The molecule has 118 valence electrons.